The Morgan fingerprint density at radius 2 is 2.38 bits per heavy atom. The second kappa shape index (κ2) is 3.60. The summed E-state index contributed by atoms with van der Waals surface area (Å²) in [4.78, 5) is 0. The first-order valence-electron chi connectivity index (χ1n) is 2.00. The van der Waals surface area contributed by atoms with Gasteiger partial charge in [-0.1, -0.05) is 0 Å². The van der Waals surface area contributed by atoms with Gasteiger partial charge in [-0.05, 0) is 5.76 Å². The number of hydrogen-bond acceptors (Lipinski definition) is 1. The van der Waals surface area contributed by atoms with Gasteiger partial charge < -0.3 is 4.42 Å². The quantitative estimate of drug-likeness (QED) is 0.313. The standard InChI is InChI=1S/C6H5O.Li/c1-2-6-4-3-5-7-6;/h3-5H,1H2;/q-1;+1. The van der Waals surface area contributed by atoms with E-state index in [-0.39, 0.29) is 18.9 Å². The van der Waals surface area contributed by atoms with Crippen LogP contribution in [0.1, 0.15) is 5.76 Å². The molecule has 1 aromatic heterocycles. The van der Waals surface area contributed by atoms with Crippen molar-refractivity contribution in [3.05, 3.63) is 36.8 Å². The van der Waals surface area contributed by atoms with Gasteiger partial charge in [-0.2, -0.15) is 12.6 Å². The number of furan rings is 1. The topological polar surface area (TPSA) is 13.1 Å². The normalized spacial score (nSPS) is 7.50. The summed E-state index contributed by atoms with van der Waals surface area (Å²) in [5.74, 6) is 0.694. The molecule has 0 atom stereocenters. The first-order valence-corrected chi connectivity index (χ1v) is 2.00. The summed E-state index contributed by atoms with van der Waals surface area (Å²) in [7, 11) is 0. The minimum absolute atomic E-state index is 0. The fourth-order valence-corrected chi connectivity index (χ4v) is 0.379. The molecule has 36 valence electrons. The van der Waals surface area contributed by atoms with Crippen LogP contribution in [-0.4, -0.2) is 0 Å². The summed E-state index contributed by atoms with van der Waals surface area (Å²) in [5.41, 5.74) is 0. The van der Waals surface area contributed by atoms with Crippen LogP contribution in [0.2, 0.25) is 0 Å². The van der Waals surface area contributed by atoms with Gasteiger partial charge >= 0.3 is 18.9 Å². The van der Waals surface area contributed by atoms with Crippen LogP contribution in [0.25, 0.3) is 0 Å². The average molecular weight is 100 g/mol. The molecule has 0 bridgehead atoms. The largest absolute Gasteiger partial charge is 1.00 e. The molecule has 1 rings (SSSR count). The summed E-state index contributed by atoms with van der Waals surface area (Å²) in [6.45, 7) is 3.38. The Labute approximate surface area is 60.6 Å². The maximum absolute atomic E-state index is 4.81. The first-order chi connectivity index (χ1) is 3.43. The second-order valence-electron chi connectivity index (χ2n) is 1.15. The summed E-state index contributed by atoms with van der Waals surface area (Å²) >= 11 is 0. The maximum atomic E-state index is 4.81. The molecule has 0 aromatic carbocycles. The Balaban J connectivity index is 0.000000490. The Hall–Kier alpha value is -0.383. The van der Waals surface area contributed by atoms with E-state index in [4.69, 9.17) is 4.42 Å². The van der Waals surface area contributed by atoms with E-state index in [2.05, 4.69) is 12.7 Å². The van der Waals surface area contributed by atoms with Gasteiger partial charge in [-0.25, -0.2) is 6.08 Å². The molecular formula is C6H5LiO. The third-order valence-corrected chi connectivity index (χ3v) is 0.695. The van der Waals surface area contributed by atoms with Crippen LogP contribution in [0.15, 0.2) is 29.4 Å². The van der Waals surface area contributed by atoms with Crippen LogP contribution in [0, 0.1) is 6.08 Å². The van der Waals surface area contributed by atoms with Crippen LogP contribution in [0.3, 0.4) is 0 Å². The van der Waals surface area contributed by atoms with E-state index in [0.717, 1.165) is 0 Å². The SMILES string of the molecule is C=[C-]c1ccco1.[Li+]. The molecule has 0 N–H and O–H groups in total. The van der Waals surface area contributed by atoms with E-state index in [0.29, 0.717) is 5.76 Å². The van der Waals surface area contributed by atoms with Crippen molar-refractivity contribution in [1.29, 1.82) is 0 Å². The van der Waals surface area contributed by atoms with Crippen molar-refractivity contribution in [2.45, 2.75) is 0 Å². The van der Waals surface area contributed by atoms with Crippen LogP contribution in [-0.2, 0) is 0 Å². The zero-order chi connectivity index (χ0) is 5.11. The van der Waals surface area contributed by atoms with Crippen LogP contribution in [0.4, 0.5) is 0 Å². The van der Waals surface area contributed by atoms with Gasteiger partial charge in [0.1, 0.15) is 0 Å². The molecule has 0 fully saturated rings. The van der Waals surface area contributed by atoms with Gasteiger partial charge in [-0.15, -0.1) is 6.07 Å². The molecule has 0 aliphatic heterocycles. The fourth-order valence-electron chi connectivity index (χ4n) is 0.379. The molecular weight excluding hydrogens is 95.0 g/mol. The zero-order valence-electron chi connectivity index (χ0n) is 4.85. The number of rotatable bonds is 1. The minimum atomic E-state index is 0. The van der Waals surface area contributed by atoms with E-state index in [9.17, 15) is 0 Å². The summed E-state index contributed by atoms with van der Waals surface area (Å²) in [5, 5.41) is 0. The summed E-state index contributed by atoms with van der Waals surface area (Å²) < 4.78 is 4.81. The molecule has 0 radical (unpaired) electrons. The Bertz CT molecular complexity index is 144. The molecule has 0 aliphatic carbocycles. The summed E-state index contributed by atoms with van der Waals surface area (Å²) in [6, 6.07) is 3.60. The van der Waals surface area contributed by atoms with Crippen LogP contribution < -0.4 is 18.9 Å². The van der Waals surface area contributed by atoms with E-state index in [1.807, 2.05) is 0 Å². The molecule has 1 aromatic rings. The van der Waals surface area contributed by atoms with Crippen LogP contribution >= 0.6 is 0 Å². The zero-order valence-corrected chi connectivity index (χ0v) is 4.85. The third-order valence-electron chi connectivity index (χ3n) is 0.695. The average Bonchev–Trinajstić information content (AvgIpc) is 2.14. The molecule has 8 heavy (non-hydrogen) atoms. The number of hydrogen-bond donors (Lipinski definition) is 0. The molecule has 0 aliphatic rings. The molecule has 0 unspecified atom stereocenters. The van der Waals surface area contributed by atoms with Crippen molar-refractivity contribution in [3.8, 4) is 0 Å². The van der Waals surface area contributed by atoms with E-state index >= 15 is 0 Å². The smallest absolute Gasteiger partial charge is 0.505 e. The minimum Gasteiger partial charge on any atom is -0.505 e. The van der Waals surface area contributed by atoms with Gasteiger partial charge in [-0.3, -0.25) is 0 Å². The third kappa shape index (κ3) is 1.61. The second-order valence-corrected chi connectivity index (χ2v) is 1.15. The molecule has 2 heteroatoms. The van der Waals surface area contributed by atoms with Gasteiger partial charge in [0.2, 0.25) is 0 Å². The monoisotopic (exact) mass is 100 g/mol. The van der Waals surface area contributed by atoms with Crippen molar-refractivity contribution >= 4 is 0 Å². The summed E-state index contributed by atoms with van der Waals surface area (Å²) in [6.07, 6.45) is 4.18. The van der Waals surface area contributed by atoms with Crippen LogP contribution in [0.5, 0.6) is 0 Å². The first kappa shape index (κ1) is 7.62. The predicted octanol–water partition coefficient (Wildman–Crippen LogP) is -1.38. The Kier molecular flexibility index (Phi) is 3.43. The molecule has 1 nitrogen and oxygen atoms in total. The van der Waals surface area contributed by atoms with Crippen molar-refractivity contribution in [3.63, 3.8) is 0 Å². The van der Waals surface area contributed by atoms with Crippen molar-refractivity contribution in [2.75, 3.05) is 0 Å². The fraction of sp³-hybridized carbons (Fsp3) is 0. The molecule has 0 amide bonds. The Morgan fingerprint density at radius 1 is 1.62 bits per heavy atom. The maximum Gasteiger partial charge on any atom is 1.00 e. The van der Waals surface area contributed by atoms with Gasteiger partial charge in [0, 0.05) is 0 Å². The van der Waals surface area contributed by atoms with E-state index in [1.165, 1.54) is 0 Å². The van der Waals surface area contributed by atoms with Crippen molar-refractivity contribution < 1.29 is 23.3 Å². The van der Waals surface area contributed by atoms with Crippen molar-refractivity contribution in [2.24, 2.45) is 0 Å². The van der Waals surface area contributed by atoms with Gasteiger partial charge in [0.15, 0.2) is 0 Å². The molecule has 0 saturated heterocycles. The van der Waals surface area contributed by atoms with E-state index < -0.39 is 0 Å². The molecule has 0 saturated carbocycles. The Morgan fingerprint density at radius 3 is 2.62 bits per heavy atom. The predicted molar refractivity (Wildman–Crippen MR) is 26.7 cm³/mol. The van der Waals surface area contributed by atoms with Gasteiger partial charge in [0.25, 0.3) is 0 Å². The van der Waals surface area contributed by atoms with E-state index in [1.54, 1.807) is 18.4 Å². The molecule has 1 heterocycles. The van der Waals surface area contributed by atoms with Gasteiger partial charge in [0.05, 0.1) is 6.26 Å². The van der Waals surface area contributed by atoms with Crippen molar-refractivity contribution in [1.82, 2.24) is 0 Å². The molecule has 0 spiro atoms.